The third-order valence-electron chi connectivity index (χ3n) is 4.36. The number of rotatable bonds is 3. The lowest BCUT2D eigenvalue weighted by atomic mass is 9.99. The fourth-order valence-electron chi connectivity index (χ4n) is 3.51. The highest BCUT2D eigenvalue weighted by Crippen LogP contribution is 2.35. The highest BCUT2D eigenvalue weighted by atomic mass is 16.3. The van der Waals surface area contributed by atoms with Crippen LogP contribution >= 0.6 is 0 Å². The molecule has 2 heteroatoms. The number of aliphatic hydroxyl groups excluding tert-OH is 1. The van der Waals surface area contributed by atoms with Gasteiger partial charge in [0.2, 0.25) is 0 Å². The van der Waals surface area contributed by atoms with Crippen LogP contribution < -0.4 is 0 Å². The van der Waals surface area contributed by atoms with Crippen molar-refractivity contribution in [3.8, 4) is 0 Å². The Morgan fingerprint density at radius 2 is 1.71 bits per heavy atom. The molecule has 2 unspecified atom stereocenters. The van der Waals surface area contributed by atoms with Crippen LogP contribution in [0.1, 0.15) is 31.2 Å². The van der Waals surface area contributed by atoms with E-state index in [1.807, 2.05) is 0 Å². The zero-order chi connectivity index (χ0) is 11.7. The van der Waals surface area contributed by atoms with Crippen molar-refractivity contribution in [3.63, 3.8) is 0 Å². The number of fused-ring (bicyclic) bond motifs is 2. The van der Waals surface area contributed by atoms with Crippen molar-refractivity contribution in [3.05, 3.63) is 35.9 Å². The van der Waals surface area contributed by atoms with E-state index in [1.165, 1.54) is 18.4 Å². The third-order valence-corrected chi connectivity index (χ3v) is 4.36. The Morgan fingerprint density at radius 1 is 1.06 bits per heavy atom. The Labute approximate surface area is 103 Å². The van der Waals surface area contributed by atoms with E-state index < -0.39 is 0 Å². The second-order valence-corrected chi connectivity index (χ2v) is 5.48. The molecule has 0 saturated carbocycles. The van der Waals surface area contributed by atoms with Gasteiger partial charge in [-0.15, -0.1) is 0 Å². The van der Waals surface area contributed by atoms with Crippen molar-refractivity contribution in [1.82, 2.24) is 4.90 Å². The van der Waals surface area contributed by atoms with E-state index in [0.717, 1.165) is 25.8 Å². The lowest BCUT2D eigenvalue weighted by Crippen LogP contribution is -2.45. The van der Waals surface area contributed by atoms with E-state index in [9.17, 15) is 5.11 Å². The Hall–Kier alpha value is -0.860. The summed E-state index contributed by atoms with van der Waals surface area (Å²) >= 11 is 0. The molecule has 2 heterocycles. The fraction of sp³-hybridized carbons (Fsp3) is 0.600. The molecule has 2 nitrogen and oxygen atoms in total. The Morgan fingerprint density at radius 3 is 2.35 bits per heavy atom. The summed E-state index contributed by atoms with van der Waals surface area (Å²) in [5.41, 5.74) is 1.43. The van der Waals surface area contributed by atoms with Crippen LogP contribution in [0.15, 0.2) is 30.3 Å². The van der Waals surface area contributed by atoms with Crippen molar-refractivity contribution in [1.29, 1.82) is 0 Å². The van der Waals surface area contributed by atoms with Crippen LogP contribution in [0, 0.1) is 0 Å². The van der Waals surface area contributed by atoms with Crippen LogP contribution in [0.5, 0.6) is 0 Å². The molecule has 3 rings (SSSR count). The normalized spacial score (nSPS) is 32.9. The monoisotopic (exact) mass is 231 g/mol. The standard InChI is InChI=1S/C15H21NO/c17-15-10-13-6-7-14(11-15)16(13)9-8-12-4-2-1-3-5-12/h1-5,13-15,17H,6-11H2. The predicted octanol–water partition coefficient (Wildman–Crippen LogP) is 2.22. The Balaban J connectivity index is 1.60. The zero-order valence-electron chi connectivity index (χ0n) is 10.3. The van der Waals surface area contributed by atoms with Crippen molar-refractivity contribution in [2.75, 3.05) is 6.54 Å². The van der Waals surface area contributed by atoms with E-state index in [0.29, 0.717) is 12.1 Å². The summed E-state index contributed by atoms with van der Waals surface area (Å²) in [4.78, 5) is 2.64. The summed E-state index contributed by atoms with van der Waals surface area (Å²) in [6.45, 7) is 1.16. The van der Waals surface area contributed by atoms with Gasteiger partial charge in [0.25, 0.3) is 0 Å². The molecular formula is C15H21NO. The van der Waals surface area contributed by atoms with Crippen LogP contribution in [0.25, 0.3) is 0 Å². The molecule has 0 aliphatic carbocycles. The van der Waals surface area contributed by atoms with E-state index in [-0.39, 0.29) is 6.10 Å². The summed E-state index contributed by atoms with van der Waals surface area (Å²) in [6, 6.07) is 12.0. The van der Waals surface area contributed by atoms with E-state index in [1.54, 1.807) is 0 Å². The second kappa shape index (κ2) is 4.79. The highest BCUT2D eigenvalue weighted by molar-refractivity contribution is 5.15. The van der Waals surface area contributed by atoms with Gasteiger partial charge in [0.05, 0.1) is 6.10 Å². The van der Waals surface area contributed by atoms with E-state index in [2.05, 4.69) is 35.2 Å². The molecule has 2 fully saturated rings. The molecule has 1 N–H and O–H groups in total. The molecule has 2 aliphatic rings. The first kappa shape index (κ1) is 11.2. The zero-order valence-corrected chi connectivity index (χ0v) is 10.3. The summed E-state index contributed by atoms with van der Waals surface area (Å²) in [5.74, 6) is 0. The summed E-state index contributed by atoms with van der Waals surface area (Å²) in [5, 5.41) is 9.77. The number of nitrogens with zero attached hydrogens (tertiary/aromatic N) is 1. The minimum absolute atomic E-state index is 0.0412. The van der Waals surface area contributed by atoms with Crippen LogP contribution in [0.3, 0.4) is 0 Å². The molecule has 0 radical (unpaired) electrons. The van der Waals surface area contributed by atoms with Gasteiger partial charge in [-0.1, -0.05) is 30.3 Å². The highest BCUT2D eigenvalue weighted by Gasteiger charge is 2.39. The van der Waals surface area contributed by atoms with Crippen LogP contribution in [-0.4, -0.2) is 34.7 Å². The molecular weight excluding hydrogens is 210 g/mol. The molecule has 2 atom stereocenters. The first-order valence-electron chi connectivity index (χ1n) is 6.80. The quantitative estimate of drug-likeness (QED) is 0.862. The van der Waals surface area contributed by atoms with E-state index >= 15 is 0 Å². The average Bonchev–Trinajstić information content (AvgIpc) is 2.59. The van der Waals surface area contributed by atoms with Gasteiger partial charge in [-0.05, 0) is 37.7 Å². The SMILES string of the molecule is OC1CC2CCC(C1)N2CCc1ccccc1. The van der Waals surface area contributed by atoms with Crippen molar-refractivity contribution < 1.29 is 5.11 Å². The number of hydrogen-bond donors (Lipinski definition) is 1. The maximum atomic E-state index is 9.77. The van der Waals surface area contributed by atoms with Crippen LogP contribution in [0.2, 0.25) is 0 Å². The van der Waals surface area contributed by atoms with Gasteiger partial charge < -0.3 is 5.11 Å². The molecule has 2 bridgehead atoms. The molecule has 0 spiro atoms. The first-order valence-corrected chi connectivity index (χ1v) is 6.80. The summed E-state index contributed by atoms with van der Waals surface area (Å²) < 4.78 is 0. The van der Waals surface area contributed by atoms with Crippen molar-refractivity contribution in [2.24, 2.45) is 0 Å². The molecule has 2 saturated heterocycles. The van der Waals surface area contributed by atoms with Gasteiger partial charge in [-0.25, -0.2) is 0 Å². The summed E-state index contributed by atoms with van der Waals surface area (Å²) in [6.07, 6.45) is 5.66. The predicted molar refractivity (Wildman–Crippen MR) is 68.9 cm³/mol. The second-order valence-electron chi connectivity index (χ2n) is 5.48. The largest absolute Gasteiger partial charge is 0.393 e. The fourth-order valence-corrected chi connectivity index (χ4v) is 3.51. The van der Waals surface area contributed by atoms with Crippen LogP contribution in [-0.2, 0) is 6.42 Å². The third kappa shape index (κ3) is 2.38. The molecule has 17 heavy (non-hydrogen) atoms. The topological polar surface area (TPSA) is 23.5 Å². The minimum Gasteiger partial charge on any atom is -0.393 e. The van der Waals surface area contributed by atoms with Gasteiger partial charge >= 0.3 is 0 Å². The van der Waals surface area contributed by atoms with Gasteiger partial charge in [0.1, 0.15) is 0 Å². The molecule has 0 aromatic heterocycles. The molecule has 0 amide bonds. The number of aliphatic hydroxyl groups is 1. The molecule has 2 aliphatic heterocycles. The van der Waals surface area contributed by atoms with Crippen molar-refractivity contribution in [2.45, 2.75) is 50.3 Å². The summed E-state index contributed by atoms with van der Waals surface area (Å²) in [7, 11) is 0. The molecule has 1 aromatic rings. The minimum atomic E-state index is -0.0412. The molecule has 1 aromatic carbocycles. The lowest BCUT2D eigenvalue weighted by molar-refractivity contribution is 0.0362. The Kier molecular flexibility index (Phi) is 3.17. The maximum Gasteiger partial charge on any atom is 0.0570 e. The average molecular weight is 231 g/mol. The van der Waals surface area contributed by atoms with Crippen molar-refractivity contribution >= 4 is 0 Å². The first-order chi connectivity index (χ1) is 8.33. The molecule has 92 valence electrons. The van der Waals surface area contributed by atoms with Gasteiger partial charge in [-0.3, -0.25) is 4.90 Å². The lowest BCUT2D eigenvalue weighted by Gasteiger charge is -2.37. The number of piperidine rings is 1. The number of benzene rings is 1. The Bertz CT molecular complexity index is 350. The van der Waals surface area contributed by atoms with Gasteiger partial charge in [-0.2, -0.15) is 0 Å². The smallest absolute Gasteiger partial charge is 0.0570 e. The van der Waals surface area contributed by atoms with E-state index in [4.69, 9.17) is 0 Å². The maximum absolute atomic E-state index is 9.77. The van der Waals surface area contributed by atoms with Gasteiger partial charge in [0.15, 0.2) is 0 Å². The van der Waals surface area contributed by atoms with Gasteiger partial charge in [0, 0.05) is 18.6 Å². The van der Waals surface area contributed by atoms with Crippen LogP contribution in [0.4, 0.5) is 0 Å². The number of hydrogen-bond acceptors (Lipinski definition) is 2.